The van der Waals surface area contributed by atoms with Gasteiger partial charge in [-0.2, -0.15) is 0 Å². The average molecular weight is 666 g/mol. The van der Waals surface area contributed by atoms with Crippen LogP contribution < -0.4 is 4.90 Å². The Labute approximate surface area is 303 Å². The summed E-state index contributed by atoms with van der Waals surface area (Å²) in [6, 6.07) is 62.5. The van der Waals surface area contributed by atoms with Crippen LogP contribution in [-0.4, -0.2) is 0 Å². The molecule has 0 saturated heterocycles. The lowest BCUT2D eigenvalue weighted by molar-refractivity contribution is 0.672. The Hall–Kier alpha value is -6.90. The third kappa shape index (κ3) is 5.77. The number of fused-ring (bicyclic) bond motifs is 6. The molecule has 2 heteroatoms. The predicted molar refractivity (Wildman–Crippen MR) is 222 cm³/mol. The van der Waals surface area contributed by atoms with Crippen molar-refractivity contribution in [3.63, 3.8) is 0 Å². The van der Waals surface area contributed by atoms with Crippen LogP contribution in [0.1, 0.15) is 5.56 Å². The van der Waals surface area contributed by atoms with Crippen molar-refractivity contribution in [1.29, 1.82) is 0 Å². The van der Waals surface area contributed by atoms with E-state index in [-0.39, 0.29) is 0 Å². The molecule has 0 amide bonds. The minimum Gasteiger partial charge on any atom is -0.455 e. The van der Waals surface area contributed by atoms with Gasteiger partial charge in [-0.25, -0.2) is 0 Å². The summed E-state index contributed by atoms with van der Waals surface area (Å²) in [5.74, 6) is 0. The number of benzene rings is 8. The molecule has 0 aliphatic heterocycles. The number of hydrogen-bond donors (Lipinski definition) is 0. The maximum atomic E-state index is 6.45. The van der Waals surface area contributed by atoms with E-state index in [4.69, 9.17) is 4.42 Å². The lowest BCUT2D eigenvalue weighted by Gasteiger charge is -2.27. The zero-order chi connectivity index (χ0) is 34.9. The van der Waals surface area contributed by atoms with E-state index in [1.165, 1.54) is 32.8 Å². The largest absolute Gasteiger partial charge is 0.455 e. The highest BCUT2D eigenvalue weighted by Crippen LogP contribution is 2.38. The van der Waals surface area contributed by atoms with Gasteiger partial charge in [-0.05, 0) is 98.6 Å². The molecule has 0 aliphatic rings. The van der Waals surface area contributed by atoms with Crippen LogP contribution in [0.3, 0.4) is 0 Å². The highest BCUT2D eigenvalue weighted by molar-refractivity contribution is 6.15. The van der Waals surface area contributed by atoms with Gasteiger partial charge in [0, 0.05) is 33.2 Å². The molecule has 1 aromatic heterocycles. The van der Waals surface area contributed by atoms with Crippen LogP contribution in [0.5, 0.6) is 0 Å². The Morgan fingerprint density at radius 2 is 1.21 bits per heavy atom. The molecule has 8 aromatic carbocycles. The van der Waals surface area contributed by atoms with Crippen molar-refractivity contribution in [2.45, 2.75) is 0 Å². The quantitative estimate of drug-likeness (QED) is 0.150. The highest BCUT2D eigenvalue weighted by Gasteiger charge is 2.17. The summed E-state index contributed by atoms with van der Waals surface area (Å²) in [4.78, 5) is 2.32. The van der Waals surface area contributed by atoms with Crippen molar-refractivity contribution in [3.8, 4) is 22.3 Å². The first kappa shape index (κ1) is 31.1. The van der Waals surface area contributed by atoms with Crippen molar-refractivity contribution >= 4 is 60.9 Å². The molecule has 0 N–H and O–H groups in total. The zero-order valence-corrected chi connectivity index (χ0v) is 28.6. The van der Waals surface area contributed by atoms with E-state index in [1.807, 2.05) is 12.2 Å². The monoisotopic (exact) mass is 665 g/mol. The maximum absolute atomic E-state index is 6.45. The van der Waals surface area contributed by atoms with Gasteiger partial charge in [0.05, 0.1) is 0 Å². The van der Waals surface area contributed by atoms with E-state index < -0.39 is 0 Å². The number of hydrogen-bond acceptors (Lipinski definition) is 2. The molecule has 0 radical (unpaired) electrons. The summed E-state index contributed by atoms with van der Waals surface area (Å²) >= 11 is 0. The highest BCUT2D eigenvalue weighted by atomic mass is 16.3. The number of nitrogens with zero attached hydrogens (tertiary/aromatic N) is 1. The van der Waals surface area contributed by atoms with E-state index in [0.717, 1.165) is 55.5 Å². The van der Waals surface area contributed by atoms with E-state index in [2.05, 4.69) is 200 Å². The summed E-state index contributed by atoms with van der Waals surface area (Å²) in [6.07, 6.45) is 8.20. The van der Waals surface area contributed by atoms with E-state index in [1.54, 1.807) is 0 Å². The molecule has 0 aliphatic carbocycles. The molecular weight excluding hydrogens is 631 g/mol. The van der Waals surface area contributed by atoms with Gasteiger partial charge >= 0.3 is 0 Å². The van der Waals surface area contributed by atoms with Gasteiger partial charge < -0.3 is 9.32 Å². The number of allylic oxidation sites excluding steroid dienone is 3. The molecule has 0 bridgehead atoms. The van der Waals surface area contributed by atoms with Gasteiger partial charge in [0.15, 0.2) is 0 Å². The Morgan fingerprint density at radius 3 is 2.04 bits per heavy atom. The number of rotatable bonds is 8. The normalized spacial score (nSPS) is 12.0. The van der Waals surface area contributed by atoms with Gasteiger partial charge in [0.1, 0.15) is 11.2 Å². The van der Waals surface area contributed by atoms with E-state index in [0.29, 0.717) is 0 Å². The third-order valence-corrected chi connectivity index (χ3v) is 9.80. The molecule has 0 saturated carbocycles. The van der Waals surface area contributed by atoms with Crippen molar-refractivity contribution in [2.24, 2.45) is 0 Å². The molecule has 0 spiro atoms. The summed E-state index contributed by atoms with van der Waals surface area (Å²) < 4.78 is 6.45. The lowest BCUT2D eigenvalue weighted by atomic mass is 9.98. The molecule has 0 unspecified atom stereocenters. The lowest BCUT2D eigenvalue weighted by Crippen LogP contribution is -2.15. The first-order valence-electron chi connectivity index (χ1n) is 17.6. The molecule has 0 fully saturated rings. The Kier molecular flexibility index (Phi) is 8.03. The maximum Gasteiger partial charge on any atom is 0.143 e. The SMILES string of the molecule is C=C/C=C\C(=C\c1ccc2oc3c4ccccc4ccc3c2c1)N(c1ccc(-c2cccc3ccccc23)cc1)c1cccc(-c2ccccc2)c1. The fourth-order valence-corrected chi connectivity index (χ4v) is 7.31. The topological polar surface area (TPSA) is 16.4 Å². The molecule has 9 aromatic rings. The second-order valence-electron chi connectivity index (χ2n) is 13.0. The number of anilines is 2. The predicted octanol–water partition coefficient (Wildman–Crippen LogP) is 14.1. The van der Waals surface area contributed by atoms with Crippen molar-refractivity contribution < 1.29 is 4.42 Å². The van der Waals surface area contributed by atoms with Crippen molar-refractivity contribution in [3.05, 3.63) is 212 Å². The summed E-state index contributed by atoms with van der Waals surface area (Å²) in [6.45, 7) is 4.02. The summed E-state index contributed by atoms with van der Waals surface area (Å²) in [5.41, 5.74) is 10.7. The van der Waals surface area contributed by atoms with Gasteiger partial charge in [-0.3, -0.25) is 0 Å². The second-order valence-corrected chi connectivity index (χ2v) is 13.0. The fraction of sp³-hybridized carbons (Fsp3) is 0. The van der Waals surface area contributed by atoms with Gasteiger partial charge in [-0.1, -0.05) is 152 Å². The van der Waals surface area contributed by atoms with Gasteiger partial charge in [0.25, 0.3) is 0 Å². The standard InChI is InChI=1S/C50H35NO/c1-2-3-19-42(32-35-24-31-49-48(33-35)47-30-27-38-16-8-10-22-46(38)50(47)52-49)51(43-20-11-18-40(34-43)36-13-5-4-6-14-36)41-28-25-39(26-29-41)45-23-12-17-37-15-7-9-21-44(37)45/h2-34H,1H2/b19-3-,42-32-. The Bertz CT molecular complexity index is 2800. The van der Waals surface area contributed by atoms with Crippen LogP contribution in [0.15, 0.2) is 211 Å². The van der Waals surface area contributed by atoms with Crippen LogP contribution >= 0.6 is 0 Å². The first-order valence-corrected chi connectivity index (χ1v) is 17.6. The molecule has 0 atom stereocenters. The van der Waals surface area contributed by atoms with E-state index in [9.17, 15) is 0 Å². The Balaban J connectivity index is 1.20. The minimum absolute atomic E-state index is 0.878. The van der Waals surface area contributed by atoms with Crippen LogP contribution in [-0.2, 0) is 0 Å². The molecular formula is C50H35NO. The molecule has 52 heavy (non-hydrogen) atoms. The van der Waals surface area contributed by atoms with Crippen molar-refractivity contribution in [2.75, 3.05) is 4.90 Å². The van der Waals surface area contributed by atoms with Crippen molar-refractivity contribution in [1.82, 2.24) is 0 Å². The fourth-order valence-electron chi connectivity index (χ4n) is 7.31. The summed E-state index contributed by atoms with van der Waals surface area (Å²) in [7, 11) is 0. The molecule has 9 rings (SSSR count). The minimum atomic E-state index is 0.878. The zero-order valence-electron chi connectivity index (χ0n) is 28.6. The Morgan fingerprint density at radius 1 is 0.500 bits per heavy atom. The first-order chi connectivity index (χ1) is 25.7. The van der Waals surface area contributed by atoms with Crippen LogP contribution in [0.2, 0.25) is 0 Å². The van der Waals surface area contributed by atoms with Gasteiger partial charge in [0.2, 0.25) is 0 Å². The third-order valence-electron chi connectivity index (χ3n) is 9.80. The molecule has 246 valence electrons. The van der Waals surface area contributed by atoms with Gasteiger partial charge in [-0.15, -0.1) is 0 Å². The smallest absolute Gasteiger partial charge is 0.143 e. The second kappa shape index (κ2) is 13.4. The van der Waals surface area contributed by atoms with E-state index >= 15 is 0 Å². The molecule has 1 heterocycles. The summed E-state index contributed by atoms with van der Waals surface area (Å²) in [5, 5.41) is 6.99. The van der Waals surface area contributed by atoms with Crippen LogP contribution in [0.4, 0.5) is 11.4 Å². The average Bonchev–Trinajstić information content (AvgIpc) is 3.59. The number of furan rings is 1. The van der Waals surface area contributed by atoms with Crippen LogP contribution in [0, 0.1) is 0 Å². The molecule has 2 nitrogen and oxygen atoms in total. The van der Waals surface area contributed by atoms with Crippen LogP contribution in [0.25, 0.3) is 71.8 Å².